The molecule has 1 atom stereocenters. The summed E-state index contributed by atoms with van der Waals surface area (Å²) in [6.45, 7) is 9.09. The van der Waals surface area contributed by atoms with E-state index in [2.05, 4.69) is 65.2 Å². The summed E-state index contributed by atoms with van der Waals surface area (Å²) in [5.41, 5.74) is 3.24. The third kappa shape index (κ3) is 4.75. The maximum atomic E-state index is 3.52. The van der Waals surface area contributed by atoms with Crippen LogP contribution < -0.4 is 5.32 Å². The minimum atomic E-state index is 0. The molecule has 1 saturated heterocycles. The van der Waals surface area contributed by atoms with Gasteiger partial charge in [-0.15, -0.1) is 12.4 Å². The molecule has 0 saturated carbocycles. The Morgan fingerprint density at radius 2 is 2.16 bits per heavy atom. The summed E-state index contributed by atoms with van der Waals surface area (Å²) in [6, 6.07) is 6.56. The SMILES string of the molecule is Cc1cc(Br)ccc1CN(C)CC1(C)CCNC1.Cl. The van der Waals surface area contributed by atoms with Crippen LogP contribution in [-0.4, -0.2) is 31.6 Å². The van der Waals surface area contributed by atoms with Crippen molar-refractivity contribution in [1.82, 2.24) is 10.2 Å². The molecule has 2 nitrogen and oxygen atoms in total. The third-order valence-corrected chi connectivity index (χ3v) is 4.35. The smallest absolute Gasteiger partial charge is 0.0233 e. The third-order valence-electron chi connectivity index (χ3n) is 3.85. The van der Waals surface area contributed by atoms with Gasteiger partial charge in [0.05, 0.1) is 0 Å². The molecule has 0 radical (unpaired) electrons. The first-order valence-electron chi connectivity index (χ1n) is 6.63. The molecular formula is C15H24BrClN2. The van der Waals surface area contributed by atoms with Gasteiger partial charge >= 0.3 is 0 Å². The van der Waals surface area contributed by atoms with Crippen molar-refractivity contribution in [2.45, 2.75) is 26.8 Å². The normalized spacial score (nSPS) is 22.6. The largest absolute Gasteiger partial charge is 0.316 e. The zero-order valence-corrected chi connectivity index (χ0v) is 14.4. The number of nitrogens with zero attached hydrogens (tertiary/aromatic N) is 1. The van der Waals surface area contributed by atoms with Gasteiger partial charge in [0, 0.05) is 24.1 Å². The maximum Gasteiger partial charge on any atom is 0.0233 e. The predicted molar refractivity (Wildman–Crippen MR) is 88.1 cm³/mol. The second-order valence-corrected chi connectivity index (χ2v) is 6.90. The molecule has 1 heterocycles. The van der Waals surface area contributed by atoms with Crippen LogP contribution >= 0.6 is 28.3 Å². The molecule has 2 rings (SSSR count). The highest BCUT2D eigenvalue weighted by Gasteiger charge is 2.29. The van der Waals surface area contributed by atoms with Gasteiger partial charge < -0.3 is 10.2 Å². The minimum absolute atomic E-state index is 0. The Hall–Kier alpha value is -0.0900. The molecule has 0 amide bonds. The van der Waals surface area contributed by atoms with Crippen LogP contribution in [0.3, 0.4) is 0 Å². The molecule has 0 aliphatic carbocycles. The van der Waals surface area contributed by atoms with Gasteiger partial charge in [0.1, 0.15) is 0 Å². The molecular weight excluding hydrogens is 324 g/mol. The monoisotopic (exact) mass is 346 g/mol. The van der Waals surface area contributed by atoms with Crippen molar-refractivity contribution in [2.75, 3.05) is 26.7 Å². The number of aryl methyl sites for hydroxylation is 1. The Kier molecular flexibility index (Phi) is 6.31. The van der Waals surface area contributed by atoms with Gasteiger partial charge in [-0.3, -0.25) is 0 Å². The molecule has 1 aromatic carbocycles. The number of rotatable bonds is 4. The van der Waals surface area contributed by atoms with Crippen LogP contribution in [0.4, 0.5) is 0 Å². The summed E-state index contributed by atoms with van der Waals surface area (Å²) in [5.74, 6) is 0. The number of benzene rings is 1. The summed E-state index contributed by atoms with van der Waals surface area (Å²) in [4.78, 5) is 2.45. The lowest BCUT2D eigenvalue weighted by molar-refractivity contribution is 0.203. The molecule has 1 N–H and O–H groups in total. The van der Waals surface area contributed by atoms with Crippen molar-refractivity contribution < 1.29 is 0 Å². The summed E-state index contributed by atoms with van der Waals surface area (Å²) in [6.07, 6.45) is 1.29. The summed E-state index contributed by atoms with van der Waals surface area (Å²) in [5, 5.41) is 3.47. The van der Waals surface area contributed by atoms with Gasteiger partial charge in [0.15, 0.2) is 0 Å². The van der Waals surface area contributed by atoms with Gasteiger partial charge in [0.2, 0.25) is 0 Å². The van der Waals surface area contributed by atoms with Crippen molar-refractivity contribution >= 4 is 28.3 Å². The molecule has 108 valence electrons. The van der Waals surface area contributed by atoms with E-state index in [1.54, 1.807) is 0 Å². The Balaban J connectivity index is 0.00000180. The van der Waals surface area contributed by atoms with E-state index in [-0.39, 0.29) is 12.4 Å². The molecule has 1 unspecified atom stereocenters. The molecule has 4 heteroatoms. The van der Waals surface area contributed by atoms with E-state index in [1.807, 2.05) is 0 Å². The fourth-order valence-electron chi connectivity index (χ4n) is 2.84. The second-order valence-electron chi connectivity index (χ2n) is 5.98. The molecule has 0 aromatic heterocycles. The van der Waals surface area contributed by atoms with Gasteiger partial charge in [0.25, 0.3) is 0 Å². The van der Waals surface area contributed by atoms with E-state index < -0.39 is 0 Å². The first-order chi connectivity index (χ1) is 8.48. The fraction of sp³-hybridized carbons (Fsp3) is 0.600. The molecule has 0 spiro atoms. The average Bonchev–Trinajstić information content (AvgIpc) is 2.69. The summed E-state index contributed by atoms with van der Waals surface area (Å²) in [7, 11) is 2.23. The predicted octanol–water partition coefficient (Wildman–Crippen LogP) is 3.61. The number of hydrogen-bond acceptors (Lipinski definition) is 2. The number of halogens is 2. The molecule has 0 bridgehead atoms. The van der Waals surface area contributed by atoms with E-state index in [9.17, 15) is 0 Å². The van der Waals surface area contributed by atoms with Gasteiger partial charge in [-0.1, -0.05) is 28.9 Å². The maximum absolute atomic E-state index is 3.52. The van der Waals surface area contributed by atoms with E-state index in [4.69, 9.17) is 0 Å². The lowest BCUT2D eigenvalue weighted by atomic mass is 9.89. The molecule has 1 aliphatic heterocycles. The Morgan fingerprint density at radius 3 is 2.74 bits per heavy atom. The van der Waals surface area contributed by atoms with E-state index in [0.717, 1.165) is 19.6 Å². The fourth-order valence-corrected chi connectivity index (χ4v) is 3.31. The van der Waals surface area contributed by atoms with Crippen LogP contribution in [0.1, 0.15) is 24.5 Å². The second kappa shape index (κ2) is 7.07. The van der Waals surface area contributed by atoms with Crippen LogP contribution in [0, 0.1) is 12.3 Å². The van der Waals surface area contributed by atoms with Crippen molar-refractivity contribution in [3.8, 4) is 0 Å². The highest BCUT2D eigenvalue weighted by atomic mass is 79.9. The first-order valence-corrected chi connectivity index (χ1v) is 7.42. The Labute approximate surface area is 131 Å². The lowest BCUT2D eigenvalue weighted by Crippen LogP contribution is -2.34. The molecule has 1 aliphatic rings. The Bertz CT molecular complexity index is 417. The zero-order valence-electron chi connectivity index (χ0n) is 12.0. The zero-order chi connectivity index (χ0) is 13.2. The highest BCUT2D eigenvalue weighted by molar-refractivity contribution is 9.10. The van der Waals surface area contributed by atoms with Crippen LogP contribution in [-0.2, 0) is 6.54 Å². The molecule has 1 aromatic rings. The van der Waals surface area contributed by atoms with Gasteiger partial charge in [-0.25, -0.2) is 0 Å². The van der Waals surface area contributed by atoms with Gasteiger partial charge in [-0.2, -0.15) is 0 Å². The van der Waals surface area contributed by atoms with Gasteiger partial charge in [-0.05, 0) is 55.6 Å². The summed E-state index contributed by atoms with van der Waals surface area (Å²) >= 11 is 3.52. The van der Waals surface area contributed by atoms with E-state index >= 15 is 0 Å². The number of hydrogen-bond donors (Lipinski definition) is 1. The molecule has 19 heavy (non-hydrogen) atoms. The molecule has 1 fully saturated rings. The topological polar surface area (TPSA) is 15.3 Å². The van der Waals surface area contributed by atoms with Crippen molar-refractivity contribution in [2.24, 2.45) is 5.41 Å². The lowest BCUT2D eigenvalue weighted by Gasteiger charge is -2.29. The van der Waals surface area contributed by atoms with Crippen LogP contribution in [0.2, 0.25) is 0 Å². The standard InChI is InChI=1S/C15H23BrN2.ClH/c1-12-8-14(16)5-4-13(12)9-18(3)11-15(2)6-7-17-10-15;/h4-5,8,17H,6-7,9-11H2,1-3H3;1H. The highest BCUT2D eigenvalue weighted by Crippen LogP contribution is 2.26. The number of nitrogens with one attached hydrogen (secondary N) is 1. The van der Waals surface area contributed by atoms with Crippen molar-refractivity contribution in [3.05, 3.63) is 33.8 Å². The Morgan fingerprint density at radius 1 is 1.42 bits per heavy atom. The van der Waals surface area contributed by atoms with Crippen LogP contribution in [0.15, 0.2) is 22.7 Å². The summed E-state index contributed by atoms with van der Waals surface area (Å²) < 4.78 is 1.17. The average molecular weight is 348 g/mol. The van der Waals surface area contributed by atoms with Crippen molar-refractivity contribution in [1.29, 1.82) is 0 Å². The van der Waals surface area contributed by atoms with Crippen molar-refractivity contribution in [3.63, 3.8) is 0 Å². The quantitative estimate of drug-likeness (QED) is 0.895. The van der Waals surface area contributed by atoms with E-state index in [1.165, 1.54) is 28.6 Å². The first kappa shape index (κ1) is 17.0. The minimum Gasteiger partial charge on any atom is -0.316 e. The van der Waals surface area contributed by atoms with Crippen LogP contribution in [0.5, 0.6) is 0 Å². The van der Waals surface area contributed by atoms with Crippen LogP contribution in [0.25, 0.3) is 0 Å². The van der Waals surface area contributed by atoms with E-state index in [0.29, 0.717) is 5.41 Å².